The van der Waals surface area contributed by atoms with Crippen molar-refractivity contribution in [3.63, 3.8) is 0 Å². The zero-order chi connectivity index (χ0) is 18.4. The first-order chi connectivity index (χ1) is 11.7. The van der Waals surface area contributed by atoms with Gasteiger partial charge in [-0.1, -0.05) is 6.07 Å². The predicted octanol–water partition coefficient (Wildman–Crippen LogP) is 2.69. The van der Waals surface area contributed by atoms with Crippen LogP contribution in [0, 0.1) is 0 Å². The summed E-state index contributed by atoms with van der Waals surface area (Å²) in [6.07, 6.45) is 2.86. The molecule has 0 saturated carbocycles. The van der Waals surface area contributed by atoms with E-state index in [0.717, 1.165) is 30.9 Å². The normalized spacial score (nSPS) is 13.6. The average Bonchev–Trinajstić information content (AvgIpc) is 2.52. The number of pyridine rings is 1. The van der Waals surface area contributed by atoms with Gasteiger partial charge >= 0.3 is 12.1 Å². The number of carbonyl (C=O) groups is 2. The molecule has 1 aromatic rings. The van der Waals surface area contributed by atoms with E-state index in [-0.39, 0.29) is 6.54 Å². The van der Waals surface area contributed by atoms with Crippen LogP contribution in [0.15, 0.2) is 12.1 Å². The van der Waals surface area contributed by atoms with E-state index in [0.29, 0.717) is 19.4 Å². The van der Waals surface area contributed by atoms with Gasteiger partial charge in [-0.15, -0.1) is 0 Å². The van der Waals surface area contributed by atoms with Crippen LogP contribution < -0.4 is 5.32 Å². The average molecular weight is 349 g/mol. The first kappa shape index (κ1) is 19.0. The van der Waals surface area contributed by atoms with Crippen molar-refractivity contribution in [1.29, 1.82) is 0 Å². The van der Waals surface area contributed by atoms with Crippen LogP contribution in [0.25, 0.3) is 0 Å². The van der Waals surface area contributed by atoms with Gasteiger partial charge in [-0.3, -0.25) is 9.69 Å². The minimum atomic E-state index is -1.05. The summed E-state index contributed by atoms with van der Waals surface area (Å²) in [7, 11) is 0. The minimum Gasteiger partial charge on any atom is -0.480 e. The van der Waals surface area contributed by atoms with Crippen LogP contribution in [0.2, 0.25) is 0 Å². The number of anilines is 1. The standard InChI is InChI=1S/C18H27N3O4/c1-18(2,3)25-17(24)21(12-15(22)23)11-5-7-14-9-8-13-6-4-10-19-16(13)20-14/h8-9H,4-7,10-12H2,1-3H3,(H,19,20)(H,22,23). The number of carboxylic acids is 1. The lowest BCUT2D eigenvalue weighted by molar-refractivity contribution is -0.138. The molecule has 0 fully saturated rings. The zero-order valence-corrected chi connectivity index (χ0v) is 15.2. The molecule has 0 saturated heterocycles. The van der Waals surface area contributed by atoms with Gasteiger partial charge in [0.05, 0.1) is 0 Å². The molecular weight excluding hydrogens is 322 g/mol. The summed E-state index contributed by atoms with van der Waals surface area (Å²) in [5.41, 5.74) is 1.52. The van der Waals surface area contributed by atoms with Gasteiger partial charge in [0.15, 0.2) is 0 Å². The Labute approximate surface area is 148 Å². The Morgan fingerprint density at radius 2 is 2.12 bits per heavy atom. The maximum atomic E-state index is 12.1. The molecule has 0 aliphatic carbocycles. The Balaban J connectivity index is 1.91. The number of hydrogen-bond acceptors (Lipinski definition) is 5. The van der Waals surface area contributed by atoms with E-state index in [4.69, 9.17) is 9.84 Å². The lowest BCUT2D eigenvalue weighted by Crippen LogP contribution is -2.40. The van der Waals surface area contributed by atoms with Crippen LogP contribution in [0.3, 0.4) is 0 Å². The molecule has 1 amide bonds. The maximum Gasteiger partial charge on any atom is 0.410 e. The summed E-state index contributed by atoms with van der Waals surface area (Å²) in [4.78, 5) is 29.0. The highest BCUT2D eigenvalue weighted by Gasteiger charge is 2.23. The summed E-state index contributed by atoms with van der Waals surface area (Å²) < 4.78 is 5.28. The fraction of sp³-hybridized carbons (Fsp3) is 0.611. The van der Waals surface area contributed by atoms with Crippen molar-refractivity contribution >= 4 is 17.9 Å². The van der Waals surface area contributed by atoms with Crippen LogP contribution in [-0.2, 0) is 22.4 Å². The first-order valence-corrected chi connectivity index (χ1v) is 8.67. The van der Waals surface area contributed by atoms with Gasteiger partial charge in [0, 0.05) is 18.8 Å². The van der Waals surface area contributed by atoms with Gasteiger partial charge in [-0.2, -0.15) is 0 Å². The van der Waals surface area contributed by atoms with Crippen molar-refractivity contribution in [3.8, 4) is 0 Å². The number of rotatable bonds is 6. The second kappa shape index (κ2) is 8.18. The third-order valence-corrected chi connectivity index (χ3v) is 3.79. The zero-order valence-electron chi connectivity index (χ0n) is 15.2. The van der Waals surface area contributed by atoms with Gasteiger partial charge in [-0.05, 0) is 58.1 Å². The van der Waals surface area contributed by atoms with E-state index in [1.165, 1.54) is 10.5 Å². The number of ether oxygens (including phenoxy) is 1. The van der Waals surface area contributed by atoms with Crippen molar-refractivity contribution in [1.82, 2.24) is 9.88 Å². The quantitative estimate of drug-likeness (QED) is 0.820. The Hall–Kier alpha value is -2.31. The van der Waals surface area contributed by atoms with E-state index in [1.807, 2.05) is 6.07 Å². The van der Waals surface area contributed by atoms with Crippen molar-refractivity contribution in [3.05, 3.63) is 23.4 Å². The second-order valence-electron chi connectivity index (χ2n) is 7.24. The number of amides is 1. The molecule has 25 heavy (non-hydrogen) atoms. The fourth-order valence-electron chi connectivity index (χ4n) is 2.68. The smallest absolute Gasteiger partial charge is 0.410 e. The number of aryl methyl sites for hydroxylation is 2. The van der Waals surface area contributed by atoms with E-state index in [9.17, 15) is 9.59 Å². The predicted molar refractivity (Wildman–Crippen MR) is 94.8 cm³/mol. The lowest BCUT2D eigenvalue weighted by Gasteiger charge is -2.26. The van der Waals surface area contributed by atoms with Crippen molar-refractivity contribution in [2.24, 2.45) is 0 Å². The van der Waals surface area contributed by atoms with Gasteiger partial charge < -0.3 is 15.2 Å². The largest absolute Gasteiger partial charge is 0.480 e. The fourth-order valence-corrected chi connectivity index (χ4v) is 2.68. The molecule has 0 bridgehead atoms. The molecule has 7 heteroatoms. The molecule has 1 aliphatic heterocycles. The summed E-state index contributed by atoms with van der Waals surface area (Å²) in [5, 5.41) is 12.3. The molecule has 7 nitrogen and oxygen atoms in total. The molecule has 1 aliphatic rings. The molecule has 0 aromatic carbocycles. The van der Waals surface area contributed by atoms with Crippen molar-refractivity contribution < 1.29 is 19.4 Å². The van der Waals surface area contributed by atoms with Crippen LogP contribution in [0.4, 0.5) is 10.6 Å². The van der Waals surface area contributed by atoms with E-state index in [2.05, 4.69) is 16.4 Å². The number of nitrogens with one attached hydrogen (secondary N) is 1. The molecule has 0 radical (unpaired) electrons. The first-order valence-electron chi connectivity index (χ1n) is 8.67. The number of aromatic nitrogens is 1. The summed E-state index contributed by atoms with van der Waals surface area (Å²) >= 11 is 0. The summed E-state index contributed by atoms with van der Waals surface area (Å²) in [6.45, 7) is 6.16. The molecule has 0 atom stereocenters. The molecule has 1 aromatic heterocycles. The molecular formula is C18H27N3O4. The van der Waals surface area contributed by atoms with Gasteiger partial charge in [0.25, 0.3) is 0 Å². The topological polar surface area (TPSA) is 91.8 Å². The molecule has 2 rings (SSSR count). The highest BCUT2D eigenvalue weighted by atomic mass is 16.6. The van der Waals surface area contributed by atoms with Gasteiger partial charge in [0.2, 0.25) is 0 Å². The maximum absolute atomic E-state index is 12.1. The van der Waals surface area contributed by atoms with Gasteiger partial charge in [-0.25, -0.2) is 9.78 Å². The Morgan fingerprint density at radius 1 is 1.36 bits per heavy atom. The minimum absolute atomic E-state index is 0.313. The summed E-state index contributed by atoms with van der Waals surface area (Å²) in [5.74, 6) is -0.111. The molecule has 0 spiro atoms. The number of fused-ring (bicyclic) bond motifs is 1. The van der Waals surface area contributed by atoms with Crippen LogP contribution in [-0.4, -0.2) is 52.3 Å². The molecule has 2 N–H and O–H groups in total. The van der Waals surface area contributed by atoms with Crippen LogP contribution >= 0.6 is 0 Å². The highest BCUT2D eigenvalue weighted by molar-refractivity contribution is 5.76. The molecule has 0 unspecified atom stereocenters. The monoisotopic (exact) mass is 349 g/mol. The van der Waals surface area contributed by atoms with Crippen molar-refractivity contribution in [2.45, 2.75) is 52.1 Å². The van der Waals surface area contributed by atoms with E-state index >= 15 is 0 Å². The number of aliphatic carboxylic acids is 1. The highest BCUT2D eigenvalue weighted by Crippen LogP contribution is 2.20. The van der Waals surface area contributed by atoms with Crippen LogP contribution in [0.1, 0.15) is 44.9 Å². The number of carbonyl (C=O) groups excluding carboxylic acids is 1. The van der Waals surface area contributed by atoms with Crippen molar-refractivity contribution in [2.75, 3.05) is 25.0 Å². The Morgan fingerprint density at radius 3 is 2.80 bits per heavy atom. The van der Waals surface area contributed by atoms with Gasteiger partial charge in [0.1, 0.15) is 18.0 Å². The Bertz CT molecular complexity index is 625. The molecule has 2 heterocycles. The number of carboxylic acid groups (broad SMARTS) is 1. The van der Waals surface area contributed by atoms with Crippen LogP contribution in [0.5, 0.6) is 0 Å². The SMILES string of the molecule is CC(C)(C)OC(=O)N(CCCc1ccc2c(n1)NCCC2)CC(=O)O. The Kier molecular flexibility index (Phi) is 6.22. The second-order valence-corrected chi connectivity index (χ2v) is 7.24. The van der Waals surface area contributed by atoms with E-state index < -0.39 is 17.7 Å². The molecule has 138 valence electrons. The van der Waals surface area contributed by atoms with E-state index in [1.54, 1.807) is 20.8 Å². The number of hydrogen-bond donors (Lipinski definition) is 2. The third kappa shape index (κ3) is 6.25. The lowest BCUT2D eigenvalue weighted by atomic mass is 10.1. The third-order valence-electron chi connectivity index (χ3n) is 3.79. The summed E-state index contributed by atoms with van der Waals surface area (Å²) in [6, 6.07) is 4.09. The number of nitrogens with zero attached hydrogens (tertiary/aromatic N) is 2.